The van der Waals surface area contributed by atoms with Crippen molar-refractivity contribution in [3.05, 3.63) is 23.9 Å². The van der Waals surface area contributed by atoms with E-state index in [9.17, 15) is 4.79 Å². The number of hydrogen-bond donors (Lipinski definition) is 1. The maximum absolute atomic E-state index is 11.6. The van der Waals surface area contributed by atoms with Crippen LogP contribution in [0, 0.1) is 11.8 Å². The van der Waals surface area contributed by atoms with E-state index in [1.54, 1.807) is 18.3 Å². The molecule has 18 heavy (non-hydrogen) atoms. The van der Waals surface area contributed by atoms with E-state index in [1.807, 2.05) is 0 Å². The van der Waals surface area contributed by atoms with Crippen molar-refractivity contribution in [1.82, 2.24) is 4.98 Å². The summed E-state index contributed by atoms with van der Waals surface area (Å²) in [6.07, 6.45) is 5.55. The first kappa shape index (κ1) is 12.9. The number of aromatic nitrogens is 1. The summed E-state index contributed by atoms with van der Waals surface area (Å²) in [5.74, 6) is 1.72. The Morgan fingerprint density at radius 3 is 3.06 bits per heavy atom. The Morgan fingerprint density at radius 1 is 1.56 bits per heavy atom. The zero-order valence-corrected chi connectivity index (χ0v) is 11.0. The standard InChI is InChI=1S/C14H20N2O2/c1-10-5-3-6-11(10)9-16-13-12(14(17)18-2)7-4-8-15-13/h4,7-8,10-11H,3,5-6,9H2,1-2H3,(H,15,16). The third-order valence-electron chi connectivity index (χ3n) is 3.78. The summed E-state index contributed by atoms with van der Waals surface area (Å²) in [6, 6.07) is 3.48. The quantitative estimate of drug-likeness (QED) is 0.832. The van der Waals surface area contributed by atoms with Gasteiger partial charge in [-0.05, 0) is 30.4 Å². The first-order valence-corrected chi connectivity index (χ1v) is 6.49. The average molecular weight is 248 g/mol. The molecule has 1 fully saturated rings. The number of nitrogens with one attached hydrogen (secondary N) is 1. The van der Waals surface area contributed by atoms with Crippen LogP contribution in [0.15, 0.2) is 18.3 Å². The molecule has 1 aliphatic carbocycles. The Labute approximate surface area is 108 Å². The number of nitrogens with zero attached hydrogens (tertiary/aromatic N) is 1. The van der Waals surface area contributed by atoms with Crippen LogP contribution < -0.4 is 5.32 Å². The molecule has 4 nitrogen and oxygen atoms in total. The van der Waals surface area contributed by atoms with Gasteiger partial charge >= 0.3 is 5.97 Å². The molecule has 0 bridgehead atoms. The number of methoxy groups -OCH3 is 1. The van der Waals surface area contributed by atoms with Crippen LogP contribution in [0.5, 0.6) is 0 Å². The first-order chi connectivity index (χ1) is 8.72. The topological polar surface area (TPSA) is 51.2 Å². The summed E-state index contributed by atoms with van der Waals surface area (Å²) in [5.41, 5.74) is 0.505. The molecular weight excluding hydrogens is 228 g/mol. The molecule has 98 valence electrons. The lowest BCUT2D eigenvalue weighted by atomic mass is 9.98. The Bertz CT molecular complexity index is 420. The smallest absolute Gasteiger partial charge is 0.341 e. The van der Waals surface area contributed by atoms with Crippen LogP contribution in [-0.4, -0.2) is 24.6 Å². The van der Waals surface area contributed by atoms with Gasteiger partial charge in [0.05, 0.1) is 7.11 Å². The summed E-state index contributed by atoms with van der Waals surface area (Å²) in [7, 11) is 1.39. The molecule has 2 unspecified atom stereocenters. The van der Waals surface area contributed by atoms with Gasteiger partial charge in [0.2, 0.25) is 0 Å². The van der Waals surface area contributed by atoms with Gasteiger partial charge < -0.3 is 10.1 Å². The number of hydrogen-bond acceptors (Lipinski definition) is 4. The van der Waals surface area contributed by atoms with Gasteiger partial charge in [0.1, 0.15) is 11.4 Å². The fourth-order valence-corrected chi connectivity index (χ4v) is 2.57. The molecule has 0 saturated heterocycles. The van der Waals surface area contributed by atoms with Gasteiger partial charge in [-0.2, -0.15) is 0 Å². The van der Waals surface area contributed by atoms with Crippen molar-refractivity contribution in [2.24, 2.45) is 11.8 Å². The molecule has 2 atom stereocenters. The molecule has 2 rings (SSSR count). The summed E-state index contributed by atoms with van der Waals surface area (Å²) in [4.78, 5) is 15.8. The maximum Gasteiger partial charge on any atom is 0.341 e. The highest BCUT2D eigenvalue weighted by atomic mass is 16.5. The van der Waals surface area contributed by atoms with E-state index >= 15 is 0 Å². The third kappa shape index (κ3) is 2.81. The van der Waals surface area contributed by atoms with Crippen LogP contribution in [0.1, 0.15) is 36.5 Å². The monoisotopic (exact) mass is 248 g/mol. The summed E-state index contributed by atoms with van der Waals surface area (Å²) < 4.78 is 4.75. The molecule has 1 heterocycles. The van der Waals surface area contributed by atoms with Gasteiger partial charge in [-0.15, -0.1) is 0 Å². The van der Waals surface area contributed by atoms with Gasteiger partial charge in [0.15, 0.2) is 0 Å². The minimum Gasteiger partial charge on any atom is -0.465 e. The van der Waals surface area contributed by atoms with Crippen molar-refractivity contribution in [3.63, 3.8) is 0 Å². The number of rotatable bonds is 4. The second kappa shape index (κ2) is 5.85. The number of carbonyl (C=O) groups excluding carboxylic acids is 1. The largest absolute Gasteiger partial charge is 0.465 e. The van der Waals surface area contributed by atoms with Crippen molar-refractivity contribution in [1.29, 1.82) is 0 Å². The second-order valence-corrected chi connectivity index (χ2v) is 4.94. The van der Waals surface area contributed by atoms with Crippen molar-refractivity contribution in [2.75, 3.05) is 19.0 Å². The van der Waals surface area contributed by atoms with Crippen LogP contribution in [0.4, 0.5) is 5.82 Å². The van der Waals surface area contributed by atoms with Crippen LogP contribution >= 0.6 is 0 Å². The van der Waals surface area contributed by atoms with Crippen molar-refractivity contribution in [2.45, 2.75) is 26.2 Å². The molecule has 1 N–H and O–H groups in total. The summed E-state index contributed by atoms with van der Waals surface area (Å²) >= 11 is 0. The predicted octanol–water partition coefficient (Wildman–Crippen LogP) is 2.72. The number of carbonyl (C=O) groups is 1. The molecule has 0 amide bonds. The number of esters is 1. The van der Waals surface area contributed by atoms with E-state index in [2.05, 4.69) is 17.2 Å². The lowest BCUT2D eigenvalue weighted by molar-refractivity contribution is 0.0601. The fourth-order valence-electron chi connectivity index (χ4n) is 2.57. The Kier molecular flexibility index (Phi) is 4.18. The van der Waals surface area contributed by atoms with E-state index in [1.165, 1.54) is 26.4 Å². The molecule has 0 aliphatic heterocycles. The molecule has 1 aromatic rings. The molecule has 0 spiro atoms. The zero-order chi connectivity index (χ0) is 13.0. The normalized spacial score (nSPS) is 22.8. The van der Waals surface area contributed by atoms with Gasteiger partial charge in [-0.25, -0.2) is 9.78 Å². The molecule has 1 aromatic heterocycles. The number of anilines is 1. The summed E-state index contributed by atoms with van der Waals surface area (Å²) in [5, 5.41) is 3.29. The van der Waals surface area contributed by atoms with E-state index < -0.39 is 0 Å². The fraction of sp³-hybridized carbons (Fsp3) is 0.571. The Morgan fingerprint density at radius 2 is 2.39 bits per heavy atom. The first-order valence-electron chi connectivity index (χ1n) is 6.49. The van der Waals surface area contributed by atoms with Crippen molar-refractivity contribution in [3.8, 4) is 0 Å². The van der Waals surface area contributed by atoms with Crippen LogP contribution in [-0.2, 0) is 4.74 Å². The molecule has 0 aromatic carbocycles. The SMILES string of the molecule is COC(=O)c1cccnc1NCC1CCCC1C. The molecule has 1 saturated carbocycles. The highest BCUT2D eigenvalue weighted by Gasteiger charge is 2.23. The van der Waals surface area contributed by atoms with Gasteiger partial charge in [0.25, 0.3) is 0 Å². The maximum atomic E-state index is 11.6. The van der Waals surface area contributed by atoms with Gasteiger partial charge in [-0.3, -0.25) is 0 Å². The Hall–Kier alpha value is -1.58. The molecule has 4 heteroatoms. The Balaban J connectivity index is 2.02. The third-order valence-corrected chi connectivity index (χ3v) is 3.78. The van der Waals surface area contributed by atoms with Crippen LogP contribution in [0.25, 0.3) is 0 Å². The molecule has 0 radical (unpaired) electrons. The summed E-state index contributed by atoms with van der Waals surface area (Å²) in [6.45, 7) is 3.17. The minimum atomic E-state index is -0.343. The van der Waals surface area contributed by atoms with Crippen LogP contribution in [0.2, 0.25) is 0 Å². The number of ether oxygens (including phenoxy) is 1. The van der Waals surface area contributed by atoms with E-state index in [-0.39, 0.29) is 5.97 Å². The van der Waals surface area contributed by atoms with Gasteiger partial charge in [0, 0.05) is 12.7 Å². The predicted molar refractivity (Wildman–Crippen MR) is 70.6 cm³/mol. The van der Waals surface area contributed by atoms with E-state index in [0.29, 0.717) is 17.3 Å². The molecule has 1 aliphatic rings. The van der Waals surface area contributed by atoms with Crippen LogP contribution in [0.3, 0.4) is 0 Å². The number of pyridine rings is 1. The van der Waals surface area contributed by atoms with Crippen molar-refractivity contribution >= 4 is 11.8 Å². The average Bonchev–Trinajstić information content (AvgIpc) is 2.81. The van der Waals surface area contributed by atoms with E-state index in [0.717, 1.165) is 12.5 Å². The highest BCUT2D eigenvalue weighted by molar-refractivity contribution is 5.94. The van der Waals surface area contributed by atoms with Gasteiger partial charge in [-0.1, -0.05) is 19.8 Å². The highest BCUT2D eigenvalue weighted by Crippen LogP contribution is 2.31. The zero-order valence-electron chi connectivity index (χ0n) is 11.0. The minimum absolute atomic E-state index is 0.343. The lowest BCUT2D eigenvalue weighted by Gasteiger charge is -2.17. The van der Waals surface area contributed by atoms with E-state index in [4.69, 9.17) is 4.74 Å². The lowest BCUT2D eigenvalue weighted by Crippen LogP contribution is -2.19. The van der Waals surface area contributed by atoms with Crippen molar-refractivity contribution < 1.29 is 9.53 Å². The molecular formula is C14H20N2O2. The second-order valence-electron chi connectivity index (χ2n) is 4.94.